The molecule has 3 heteroatoms. The fourth-order valence-corrected chi connectivity index (χ4v) is 2.58. The van der Waals surface area contributed by atoms with Gasteiger partial charge in [0.2, 0.25) is 0 Å². The minimum Gasteiger partial charge on any atom is -0.382 e. The Hall–Kier alpha value is -0.990. The van der Waals surface area contributed by atoms with Crippen LogP contribution in [-0.2, 0) is 5.41 Å². The highest BCUT2D eigenvalue weighted by molar-refractivity contribution is 5.43. The SMILES string of the molecule is Cc1c(N)n[nH]c1C1(C)CCCCC1. The van der Waals surface area contributed by atoms with Crippen LogP contribution in [0.4, 0.5) is 5.82 Å². The number of nitrogens with two attached hydrogens (primary N) is 1. The van der Waals surface area contributed by atoms with E-state index in [1.165, 1.54) is 37.8 Å². The monoisotopic (exact) mass is 193 g/mol. The van der Waals surface area contributed by atoms with Crippen molar-refractivity contribution in [3.63, 3.8) is 0 Å². The molecule has 3 nitrogen and oxygen atoms in total. The zero-order chi connectivity index (χ0) is 10.2. The summed E-state index contributed by atoms with van der Waals surface area (Å²) in [6.45, 7) is 4.39. The summed E-state index contributed by atoms with van der Waals surface area (Å²) < 4.78 is 0. The lowest BCUT2D eigenvalue weighted by atomic mass is 9.72. The Morgan fingerprint density at radius 3 is 2.43 bits per heavy atom. The number of hydrogen-bond donors (Lipinski definition) is 2. The predicted octanol–water partition coefficient (Wildman–Crippen LogP) is 2.52. The molecule has 1 aromatic rings. The molecular formula is C11H19N3. The number of nitrogens with one attached hydrogen (secondary N) is 1. The highest BCUT2D eigenvalue weighted by atomic mass is 15.2. The van der Waals surface area contributed by atoms with Crippen molar-refractivity contribution in [2.24, 2.45) is 0 Å². The Bertz CT molecular complexity index is 321. The Labute approximate surface area is 85.1 Å². The third-order valence-electron chi connectivity index (χ3n) is 3.61. The lowest BCUT2D eigenvalue weighted by molar-refractivity contribution is 0.311. The fraction of sp³-hybridized carbons (Fsp3) is 0.727. The standard InChI is InChI=1S/C11H19N3/c1-8-9(13-14-10(8)12)11(2)6-4-3-5-7-11/h3-7H2,1-2H3,(H3,12,13,14). The second-order valence-electron chi connectivity index (χ2n) is 4.73. The first-order chi connectivity index (χ1) is 6.63. The number of rotatable bonds is 1. The van der Waals surface area contributed by atoms with Crippen LogP contribution in [0, 0.1) is 6.92 Å². The molecule has 0 amide bonds. The van der Waals surface area contributed by atoms with E-state index in [9.17, 15) is 0 Å². The zero-order valence-corrected chi connectivity index (χ0v) is 9.06. The van der Waals surface area contributed by atoms with Gasteiger partial charge in [-0.2, -0.15) is 5.10 Å². The molecule has 1 aromatic heterocycles. The van der Waals surface area contributed by atoms with E-state index >= 15 is 0 Å². The van der Waals surface area contributed by atoms with Gasteiger partial charge in [-0.15, -0.1) is 0 Å². The van der Waals surface area contributed by atoms with Gasteiger partial charge in [0.1, 0.15) is 5.82 Å². The average Bonchev–Trinajstić information content (AvgIpc) is 2.49. The Morgan fingerprint density at radius 2 is 1.93 bits per heavy atom. The summed E-state index contributed by atoms with van der Waals surface area (Å²) in [6.07, 6.45) is 6.55. The van der Waals surface area contributed by atoms with Gasteiger partial charge in [-0.1, -0.05) is 26.2 Å². The molecule has 0 radical (unpaired) electrons. The molecule has 0 bridgehead atoms. The second-order valence-corrected chi connectivity index (χ2v) is 4.73. The Kier molecular flexibility index (Phi) is 2.25. The van der Waals surface area contributed by atoms with Crippen LogP contribution in [0.15, 0.2) is 0 Å². The first-order valence-electron chi connectivity index (χ1n) is 5.44. The normalized spacial score (nSPS) is 21.0. The van der Waals surface area contributed by atoms with Crippen LogP contribution in [0.1, 0.15) is 50.3 Å². The second kappa shape index (κ2) is 3.30. The van der Waals surface area contributed by atoms with Crippen LogP contribution >= 0.6 is 0 Å². The van der Waals surface area contributed by atoms with E-state index in [1.807, 2.05) is 0 Å². The molecule has 1 heterocycles. The summed E-state index contributed by atoms with van der Waals surface area (Å²) in [7, 11) is 0. The minimum atomic E-state index is 0.285. The van der Waals surface area contributed by atoms with Crippen molar-refractivity contribution in [2.75, 3.05) is 5.73 Å². The quantitative estimate of drug-likeness (QED) is 0.720. The predicted molar refractivity (Wildman–Crippen MR) is 58.2 cm³/mol. The molecule has 0 unspecified atom stereocenters. The topological polar surface area (TPSA) is 54.7 Å². The Balaban J connectivity index is 2.32. The first-order valence-corrected chi connectivity index (χ1v) is 5.44. The molecule has 1 fully saturated rings. The summed E-state index contributed by atoms with van der Waals surface area (Å²) >= 11 is 0. The number of hydrogen-bond acceptors (Lipinski definition) is 2. The van der Waals surface area contributed by atoms with Crippen molar-refractivity contribution >= 4 is 5.82 Å². The molecule has 0 atom stereocenters. The molecule has 2 rings (SSSR count). The number of anilines is 1. The summed E-state index contributed by atoms with van der Waals surface area (Å²) in [5.74, 6) is 0.659. The third kappa shape index (κ3) is 1.41. The number of aromatic nitrogens is 2. The first kappa shape index (κ1) is 9.56. The van der Waals surface area contributed by atoms with Crippen LogP contribution in [0.2, 0.25) is 0 Å². The van der Waals surface area contributed by atoms with E-state index in [0.29, 0.717) is 5.82 Å². The van der Waals surface area contributed by atoms with Crippen LogP contribution in [-0.4, -0.2) is 10.2 Å². The molecule has 1 aliphatic carbocycles. The maximum atomic E-state index is 5.76. The number of nitrogens with zero attached hydrogens (tertiary/aromatic N) is 1. The largest absolute Gasteiger partial charge is 0.382 e. The smallest absolute Gasteiger partial charge is 0.148 e. The molecule has 1 aliphatic rings. The van der Waals surface area contributed by atoms with Gasteiger partial charge in [0.15, 0.2) is 0 Å². The van der Waals surface area contributed by atoms with Gasteiger partial charge in [-0.05, 0) is 19.8 Å². The van der Waals surface area contributed by atoms with Gasteiger partial charge >= 0.3 is 0 Å². The molecule has 14 heavy (non-hydrogen) atoms. The van der Waals surface area contributed by atoms with Gasteiger partial charge < -0.3 is 5.73 Å². The molecule has 0 spiro atoms. The van der Waals surface area contributed by atoms with Gasteiger partial charge in [0, 0.05) is 16.7 Å². The van der Waals surface area contributed by atoms with E-state index in [4.69, 9.17) is 5.73 Å². The molecular weight excluding hydrogens is 174 g/mol. The van der Waals surface area contributed by atoms with Crippen molar-refractivity contribution in [2.45, 2.75) is 51.4 Å². The summed E-state index contributed by atoms with van der Waals surface area (Å²) in [5.41, 5.74) is 8.46. The third-order valence-corrected chi connectivity index (χ3v) is 3.61. The van der Waals surface area contributed by atoms with Crippen molar-refractivity contribution in [1.82, 2.24) is 10.2 Å². The van der Waals surface area contributed by atoms with E-state index in [1.54, 1.807) is 0 Å². The van der Waals surface area contributed by atoms with E-state index in [0.717, 1.165) is 5.56 Å². The van der Waals surface area contributed by atoms with Crippen molar-refractivity contribution in [3.05, 3.63) is 11.3 Å². The van der Waals surface area contributed by atoms with Crippen molar-refractivity contribution < 1.29 is 0 Å². The number of nitrogen functional groups attached to an aromatic ring is 1. The maximum absolute atomic E-state index is 5.76. The zero-order valence-electron chi connectivity index (χ0n) is 9.06. The van der Waals surface area contributed by atoms with E-state index in [-0.39, 0.29) is 5.41 Å². The van der Waals surface area contributed by atoms with E-state index in [2.05, 4.69) is 24.0 Å². The molecule has 0 saturated heterocycles. The molecule has 78 valence electrons. The maximum Gasteiger partial charge on any atom is 0.148 e. The van der Waals surface area contributed by atoms with Crippen LogP contribution in [0.25, 0.3) is 0 Å². The highest BCUT2D eigenvalue weighted by Gasteiger charge is 2.32. The summed E-state index contributed by atoms with van der Waals surface area (Å²) in [6, 6.07) is 0. The lowest BCUT2D eigenvalue weighted by Gasteiger charge is -2.33. The highest BCUT2D eigenvalue weighted by Crippen LogP contribution is 2.40. The fourth-order valence-electron chi connectivity index (χ4n) is 2.58. The molecule has 3 N–H and O–H groups in total. The summed E-state index contributed by atoms with van der Waals surface area (Å²) in [5, 5.41) is 7.20. The van der Waals surface area contributed by atoms with E-state index < -0.39 is 0 Å². The average molecular weight is 193 g/mol. The molecule has 0 aromatic carbocycles. The molecule has 1 saturated carbocycles. The summed E-state index contributed by atoms with van der Waals surface area (Å²) in [4.78, 5) is 0. The number of aromatic amines is 1. The molecule has 0 aliphatic heterocycles. The van der Waals surface area contributed by atoms with Crippen LogP contribution in [0.5, 0.6) is 0 Å². The van der Waals surface area contributed by atoms with Crippen LogP contribution < -0.4 is 5.73 Å². The van der Waals surface area contributed by atoms with Gasteiger partial charge in [-0.25, -0.2) is 0 Å². The Morgan fingerprint density at radius 1 is 1.29 bits per heavy atom. The van der Waals surface area contributed by atoms with Crippen LogP contribution in [0.3, 0.4) is 0 Å². The van der Waals surface area contributed by atoms with Crippen molar-refractivity contribution in [3.8, 4) is 0 Å². The lowest BCUT2D eigenvalue weighted by Crippen LogP contribution is -2.26. The van der Waals surface area contributed by atoms with Crippen molar-refractivity contribution in [1.29, 1.82) is 0 Å². The van der Waals surface area contributed by atoms with Gasteiger partial charge in [0.05, 0.1) is 0 Å². The van der Waals surface area contributed by atoms with Gasteiger partial charge in [-0.3, -0.25) is 5.10 Å². The number of H-pyrrole nitrogens is 1. The minimum absolute atomic E-state index is 0.285. The van der Waals surface area contributed by atoms with Gasteiger partial charge in [0.25, 0.3) is 0 Å².